The number of rotatable bonds is 4. The van der Waals surface area contributed by atoms with Gasteiger partial charge < -0.3 is 9.30 Å². The number of hydrogen-bond acceptors (Lipinski definition) is 2. The minimum absolute atomic E-state index is 0.558. The lowest BCUT2D eigenvalue weighted by atomic mass is 10.1. The van der Waals surface area contributed by atoms with Crippen LogP contribution in [0.4, 0.5) is 0 Å². The van der Waals surface area contributed by atoms with Crippen LogP contribution >= 0.6 is 23.2 Å². The Bertz CT molecular complexity index is 591. The van der Waals surface area contributed by atoms with Crippen LogP contribution in [-0.4, -0.2) is 22.8 Å². The zero-order valence-corrected chi connectivity index (χ0v) is 12.6. The van der Waals surface area contributed by atoms with Gasteiger partial charge in [-0.1, -0.05) is 29.3 Å². The lowest BCUT2D eigenvalue weighted by Crippen LogP contribution is -2.07. The summed E-state index contributed by atoms with van der Waals surface area (Å²) in [5.74, 6) is 1.52. The molecule has 3 nitrogen and oxygen atoms in total. The van der Waals surface area contributed by atoms with Crippen molar-refractivity contribution in [1.29, 1.82) is 0 Å². The Morgan fingerprint density at radius 1 is 1.35 bits per heavy atom. The Morgan fingerprint density at radius 2 is 2.25 bits per heavy atom. The van der Waals surface area contributed by atoms with Crippen molar-refractivity contribution in [3.63, 3.8) is 0 Å². The summed E-state index contributed by atoms with van der Waals surface area (Å²) in [6, 6.07) is 5.63. The summed E-state index contributed by atoms with van der Waals surface area (Å²) in [4.78, 5) is 4.42. The number of halogens is 2. The van der Waals surface area contributed by atoms with E-state index in [4.69, 9.17) is 27.9 Å². The normalized spacial score (nSPS) is 18.6. The maximum absolute atomic E-state index is 6.28. The Balaban J connectivity index is 1.80. The standard InChI is InChI=1S/C15H16Cl2N2O/c16-13-3-1-2-12(14(13)17)15-18-6-8-19(15)7-4-11-5-9-20-10-11/h1-3,6,8,11H,4-5,7,9-10H2. The molecule has 5 heteroatoms. The third-order valence-corrected chi connectivity index (χ3v) is 4.53. The van der Waals surface area contributed by atoms with Gasteiger partial charge in [0.05, 0.1) is 10.0 Å². The van der Waals surface area contributed by atoms with E-state index in [0.29, 0.717) is 16.0 Å². The van der Waals surface area contributed by atoms with E-state index in [1.807, 2.05) is 18.3 Å². The lowest BCUT2D eigenvalue weighted by molar-refractivity contribution is 0.183. The van der Waals surface area contributed by atoms with Crippen LogP contribution in [0.25, 0.3) is 11.4 Å². The van der Waals surface area contributed by atoms with Crippen molar-refractivity contribution in [1.82, 2.24) is 9.55 Å². The molecule has 1 fully saturated rings. The van der Waals surface area contributed by atoms with Crippen molar-refractivity contribution in [3.05, 3.63) is 40.6 Å². The van der Waals surface area contributed by atoms with Crippen molar-refractivity contribution in [2.24, 2.45) is 5.92 Å². The van der Waals surface area contributed by atoms with Crippen LogP contribution in [-0.2, 0) is 11.3 Å². The quantitative estimate of drug-likeness (QED) is 0.842. The lowest BCUT2D eigenvalue weighted by Gasteiger charge is -2.12. The Morgan fingerprint density at radius 3 is 3.05 bits per heavy atom. The minimum atomic E-state index is 0.558. The fraction of sp³-hybridized carbons (Fsp3) is 0.400. The predicted octanol–water partition coefficient (Wildman–Crippen LogP) is 4.28. The number of aromatic nitrogens is 2. The maximum atomic E-state index is 6.28. The molecule has 20 heavy (non-hydrogen) atoms. The van der Waals surface area contributed by atoms with E-state index in [1.165, 1.54) is 0 Å². The predicted molar refractivity (Wildman–Crippen MR) is 81.2 cm³/mol. The molecule has 1 unspecified atom stereocenters. The summed E-state index contributed by atoms with van der Waals surface area (Å²) in [5, 5.41) is 1.12. The fourth-order valence-corrected chi connectivity index (χ4v) is 2.93. The third-order valence-electron chi connectivity index (χ3n) is 3.71. The van der Waals surface area contributed by atoms with Crippen molar-refractivity contribution in [3.8, 4) is 11.4 Å². The Kier molecular flexibility index (Phi) is 4.29. The van der Waals surface area contributed by atoms with Crippen molar-refractivity contribution in [2.75, 3.05) is 13.2 Å². The van der Waals surface area contributed by atoms with Gasteiger partial charge in [0.1, 0.15) is 5.82 Å². The van der Waals surface area contributed by atoms with Crippen molar-refractivity contribution in [2.45, 2.75) is 19.4 Å². The van der Waals surface area contributed by atoms with Crippen molar-refractivity contribution >= 4 is 23.2 Å². The molecule has 0 N–H and O–H groups in total. The van der Waals surface area contributed by atoms with Crippen LogP contribution in [0.3, 0.4) is 0 Å². The zero-order valence-electron chi connectivity index (χ0n) is 11.1. The van der Waals surface area contributed by atoms with Crippen LogP contribution in [0.5, 0.6) is 0 Å². The van der Waals surface area contributed by atoms with E-state index in [9.17, 15) is 0 Å². The average molecular weight is 311 g/mol. The van der Waals surface area contributed by atoms with Crippen LogP contribution < -0.4 is 0 Å². The zero-order chi connectivity index (χ0) is 13.9. The Hall–Kier alpha value is -1.03. The number of nitrogens with zero attached hydrogens (tertiary/aromatic N) is 2. The Labute approximate surface area is 128 Å². The largest absolute Gasteiger partial charge is 0.381 e. The van der Waals surface area contributed by atoms with E-state index in [-0.39, 0.29) is 0 Å². The van der Waals surface area contributed by atoms with Gasteiger partial charge in [-0.05, 0) is 30.9 Å². The second kappa shape index (κ2) is 6.17. The van der Waals surface area contributed by atoms with Gasteiger partial charge in [0.15, 0.2) is 0 Å². The van der Waals surface area contributed by atoms with E-state index in [0.717, 1.165) is 44.0 Å². The van der Waals surface area contributed by atoms with Gasteiger partial charge in [0.25, 0.3) is 0 Å². The van der Waals surface area contributed by atoms with E-state index in [1.54, 1.807) is 12.3 Å². The topological polar surface area (TPSA) is 27.1 Å². The molecule has 0 bridgehead atoms. The molecular weight excluding hydrogens is 295 g/mol. The highest BCUT2D eigenvalue weighted by atomic mass is 35.5. The minimum Gasteiger partial charge on any atom is -0.381 e. The highest BCUT2D eigenvalue weighted by Gasteiger charge is 2.17. The monoisotopic (exact) mass is 310 g/mol. The molecule has 1 aliphatic heterocycles. The summed E-state index contributed by atoms with van der Waals surface area (Å²) in [5.41, 5.74) is 0.881. The highest BCUT2D eigenvalue weighted by molar-refractivity contribution is 6.43. The molecule has 0 saturated carbocycles. The first-order valence-electron chi connectivity index (χ1n) is 6.79. The number of aryl methyl sites for hydroxylation is 1. The summed E-state index contributed by atoms with van der Waals surface area (Å²) >= 11 is 12.4. The molecule has 1 saturated heterocycles. The van der Waals surface area contributed by atoms with Gasteiger partial charge in [-0.3, -0.25) is 0 Å². The van der Waals surface area contributed by atoms with E-state index < -0.39 is 0 Å². The van der Waals surface area contributed by atoms with Gasteiger partial charge in [0, 0.05) is 37.7 Å². The molecule has 1 aromatic carbocycles. The van der Waals surface area contributed by atoms with Crippen LogP contribution in [0.2, 0.25) is 10.0 Å². The van der Waals surface area contributed by atoms with Gasteiger partial charge in [-0.25, -0.2) is 4.98 Å². The fourth-order valence-electron chi connectivity index (χ4n) is 2.54. The molecule has 1 atom stereocenters. The number of ether oxygens (including phenoxy) is 1. The number of hydrogen-bond donors (Lipinski definition) is 0. The molecule has 1 aromatic heterocycles. The third kappa shape index (κ3) is 2.85. The SMILES string of the molecule is Clc1cccc(-c2nccn2CCC2CCOC2)c1Cl. The van der Waals surface area contributed by atoms with Gasteiger partial charge in [-0.15, -0.1) is 0 Å². The van der Waals surface area contributed by atoms with Crippen LogP contribution in [0, 0.1) is 5.92 Å². The maximum Gasteiger partial charge on any atom is 0.141 e. The smallest absolute Gasteiger partial charge is 0.141 e. The molecule has 0 radical (unpaired) electrons. The molecule has 2 heterocycles. The summed E-state index contributed by atoms with van der Waals surface area (Å²) in [6.45, 7) is 2.69. The molecule has 3 rings (SSSR count). The molecule has 0 spiro atoms. The van der Waals surface area contributed by atoms with Crippen molar-refractivity contribution < 1.29 is 4.74 Å². The molecule has 0 amide bonds. The summed E-state index contributed by atoms with van der Waals surface area (Å²) in [6.07, 6.45) is 6.05. The van der Waals surface area contributed by atoms with Crippen LogP contribution in [0.1, 0.15) is 12.8 Å². The number of imidazole rings is 1. The van der Waals surface area contributed by atoms with Gasteiger partial charge >= 0.3 is 0 Å². The molecule has 1 aliphatic rings. The molecule has 2 aromatic rings. The first kappa shape index (κ1) is 13.9. The molecule has 0 aliphatic carbocycles. The first-order valence-corrected chi connectivity index (χ1v) is 7.54. The van der Waals surface area contributed by atoms with Crippen LogP contribution in [0.15, 0.2) is 30.6 Å². The summed E-state index contributed by atoms with van der Waals surface area (Å²) < 4.78 is 7.55. The average Bonchev–Trinajstić information content (AvgIpc) is 3.10. The van der Waals surface area contributed by atoms with E-state index in [2.05, 4.69) is 9.55 Å². The molecule has 106 valence electrons. The highest BCUT2D eigenvalue weighted by Crippen LogP contribution is 2.32. The summed E-state index contributed by atoms with van der Waals surface area (Å²) in [7, 11) is 0. The van der Waals surface area contributed by atoms with Gasteiger partial charge in [0.2, 0.25) is 0 Å². The first-order chi connectivity index (χ1) is 9.75. The molecular formula is C15H16Cl2N2O. The van der Waals surface area contributed by atoms with Gasteiger partial charge in [-0.2, -0.15) is 0 Å². The number of benzene rings is 1. The second-order valence-corrected chi connectivity index (χ2v) is 5.85. The van der Waals surface area contributed by atoms with E-state index >= 15 is 0 Å². The second-order valence-electron chi connectivity index (χ2n) is 5.06.